The van der Waals surface area contributed by atoms with Crippen molar-refractivity contribution in [2.24, 2.45) is 0 Å². The number of carboxylic acids is 1. The molecule has 55 heavy (non-hydrogen) atoms. The monoisotopic (exact) mass is 802 g/mol. The van der Waals surface area contributed by atoms with Gasteiger partial charge in [-0.2, -0.15) is 0 Å². The van der Waals surface area contributed by atoms with Gasteiger partial charge in [-0.25, -0.2) is 9.36 Å². The Morgan fingerprint density at radius 3 is 1.53 bits per heavy atom. The number of hydrogen-bond donors (Lipinski definition) is 4. The van der Waals surface area contributed by atoms with Gasteiger partial charge in [0.2, 0.25) is 5.91 Å². The number of carboxylic acid groups (broad SMARTS) is 1. The zero-order chi connectivity index (χ0) is 40.7. The van der Waals surface area contributed by atoms with Gasteiger partial charge < -0.3 is 25.2 Å². The third-order valence-electron chi connectivity index (χ3n) is 9.49. The van der Waals surface area contributed by atoms with Crippen LogP contribution in [0.2, 0.25) is 0 Å². The third kappa shape index (κ3) is 38.6. The van der Waals surface area contributed by atoms with Crippen molar-refractivity contribution in [3.05, 3.63) is 24.3 Å². The summed E-state index contributed by atoms with van der Waals surface area (Å²) < 4.78 is 26.8. The molecule has 11 nitrogen and oxygen atoms in total. The number of amides is 1. The van der Waals surface area contributed by atoms with Gasteiger partial charge in [0.05, 0.1) is 13.2 Å². The van der Waals surface area contributed by atoms with E-state index in [2.05, 4.69) is 43.5 Å². The zero-order valence-corrected chi connectivity index (χ0v) is 35.6. The van der Waals surface area contributed by atoms with Gasteiger partial charge in [0.1, 0.15) is 12.7 Å². The maximum Gasteiger partial charge on any atom is 0.472 e. The predicted octanol–water partition coefficient (Wildman–Crippen LogP) is 11.1. The summed E-state index contributed by atoms with van der Waals surface area (Å²) in [4.78, 5) is 45.9. The Morgan fingerprint density at radius 2 is 1.02 bits per heavy atom. The number of allylic oxidation sites excluding steroid dienone is 4. The number of nitrogens with one attached hydrogen (secondary N) is 1. The van der Waals surface area contributed by atoms with Gasteiger partial charge in [-0.3, -0.25) is 18.6 Å². The molecule has 0 spiro atoms. The largest absolute Gasteiger partial charge is 0.480 e. The second-order valence-electron chi connectivity index (χ2n) is 14.9. The molecule has 3 atom stereocenters. The molecule has 1 amide bonds. The first-order valence-electron chi connectivity index (χ1n) is 21.9. The van der Waals surface area contributed by atoms with Gasteiger partial charge in [0.25, 0.3) is 0 Å². The van der Waals surface area contributed by atoms with Crippen molar-refractivity contribution in [2.45, 2.75) is 212 Å². The molecule has 0 rings (SSSR count). The number of ether oxygens (including phenoxy) is 1. The second kappa shape index (κ2) is 38.8. The van der Waals surface area contributed by atoms with E-state index in [4.69, 9.17) is 13.8 Å². The van der Waals surface area contributed by atoms with Crippen LogP contribution in [0.25, 0.3) is 0 Å². The zero-order valence-electron chi connectivity index (χ0n) is 34.7. The summed E-state index contributed by atoms with van der Waals surface area (Å²) in [6, 6.07) is -1.55. The molecule has 0 aliphatic heterocycles. The fourth-order valence-electron chi connectivity index (χ4n) is 6.04. The van der Waals surface area contributed by atoms with Gasteiger partial charge in [-0.05, 0) is 38.5 Å². The Kier molecular flexibility index (Phi) is 37.4. The van der Waals surface area contributed by atoms with Crippen molar-refractivity contribution < 1.29 is 47.8 Å². The number of rotatable bonds is 41. The first-order chi connectivity index (χ1) is 26.6. The lowest BCUT2D eigenvalue weighted by Crippen LogP contribution is -2.43. The van der Waals surface area contributed by atoms with Crippen LogP contribution in [-0.2, 0) is 32.7 Å². The average Bonchev–Trinajstić information content (AvgIpc) is 3.16. The first-order valence-corrected chi connectivity index (χ1v) is 23.4. The molecule has 0 aromatic rings. The molecule has 0 bridgehead atoms. The Balaban J connectivity index is 3.89. The van der Waals surface area contributed by atoms with E-state index < -0.39 is 57.6 Å². The quantitative estimate of drug-likeness (QED) is 0.0202. The topological polar surface area (TPSA) is 169 Å². The number of aliphatic hydroxyl groups is 1. The Bertz CT molecular complexity index is 1040. The standard InChI is InChI=1S/C43H80NO10P/c1-3-5-7-9-11-13-15-17-19-20-21-23-25-27-29-31-33-35-42(47)52-36-39(45)37-53-55(50,51)54-38-40(43(48)49)44-41(46)34-32-30-28-26-24-22-18-16-14-12-10-8-6-4-2/h10,12,16,18,39-40,45H,3-9,11,13-15,17,19-38H2,1-2H3,(H,44,46)(H,48,49)(H,50,51)/b12-10-,18-16-. The van der Waals surface area contributed by atoms with Gasteiger partial charge >= 0.3 is 19.8 Å². The molecule has 0 fully saturated rings. The highest BCUT2D eigenvalue weighted by Gasteiger charge is 2.28. The number of phosphoric acid groups is 1. The van der Waals surface area contributed by atoms with Crippen LogP contribution in [0.4, 0.5) is 0 Å². The molecule has 12 heteroatoms. The minimum atomic E-state index is -4.75. The summed E-state index contributed by atoms with van der Waals surface area (Å²) in [6.07, 6.45) is 39.1. The molecule has 0 saturated carbocycles. The smallest absolute Gasteiger partial charge is 0.472 e. The van der Waals surface area contributed by atoms with Crippen molar-refractivity contribution in [1.82, 2.24) is 5.32 Å². The molecule has 0 aliphatic rings. The lowest BCUT2D eigenvalue weighted by Gasteiger charge is -2.18. The van der Waals surface area contributed by atoms with Gasteiger partial charge in [-0.1, -0.05) is 173 Å². The van der Waals surface area contributed by atoms with E-state index in [9.17, 15) is 34.1 Å². The number of esters is 1. The molecule has 4 N–H and O–H groups in total. The van der Waals surface area contributed by atoms with Crippen molar-refractivity contribution in [3.8, 4) is 0 Å². The number of aliphatic hydroxyl groups excluding tert-OH is 1. The highest BCUT2D eigenvalue weighted by atomic mass is 31.2. The van der Waals surface area contributed by atoms with Crippen molar-refractivity contribution in [3.63, 3.8) is 0 Å². The van der Waals surface area contributed by atoms with Crippen LogP contribution in [0.1, 0.15) is 200 Å². The summed E-state index contributed by atoms with van der Waals surface area (Å²) in [5.74, 6) is -2.39. The summed E-state index contributed by atoms with van der Waals surface area (Å²) in [5.41, 5.74) is 0. The van der Waals surface area contributed by atoms with Crippen LogP contribution in [0, 0.1) is 0 Å². The molecule has 0 heterocycles. The number of aliphatic carboxylic acids is 1. The third-order valence-corrected chi connectivity index (χ3v) is 10.4. The van der Waals surface area contributed by atoms with Gasteiger partial charge in [0.15, 0.2) is 6.04 Å². The van der Waals surface area contributed by atoms with E-state index in [1.807, 2.05) is 0 Å². The van der Waals surface area contributed by atoms with E-state index in [1.54, 1.807) is 0 Å². The maximum atomic E-state index is 12.3. The lowest BCUT2D eigenvalue weighted by atomic mass is 10.0. The van der Waals surface area contributed by atoms with Crippen LogP contribution in [0.5, 0.6) is 0 Å². The number of unbranched alkanes of at least 4 members (excludes halogenated alkanes) is 23. The molecule has 0 aromatic carbocycles. The van der Waals surface area contributed by atoms with Crippen LogP contribution in [0.15, 0.2) is 24.3 Å². The molecule has 3 unspecified atom stereocenters. The highest BCUT2D eigenvalue weighted by molar-refractivity contribution is 7.47. The number of hydrogen-bond acceptors (Lipinski definition) is 8. The van der Waals surface area contributed by atoms with Crippen molar-refractivity contribution in [1.29, 1.82) is 0 Å². The molecular weight excluding hydrogens is 721 g/mol. The SMILES string of the molecule is CCCC/C=C\C/C=C\CCCCCCCC(=O)NC(COP(=O)(O)OCC(O)COC(=O)CCCCCCCCCCCCCCCCCCC)C(=O)O. The highest BCUT2D eigenvalue weighted by Crippen LogP contribution is 2.43. The number of carbonyl (C=O) groups is 3. The predicted molar refractivity (Wildman–Crippen MR) is 222 cm³/mol. The normalized spacial score (nSPS) is 14.0. The number of phosphoric ester groups is 1. The second-order valence-corrected chi connectivity index (χ2v) is 16.3. The van der Waals surface area contributed by atoms with E-state index >= 15 is 0 Å². The Hall–Kier alpha value is -2.04. The fourth-order valence-corrected chi connectivity index (χ4v) is 6.81. The minimum absolute atomic E-state index is 0.131. The molecule has 322 valence electrons. The maximum absolute atomic E-state index is 12.3. The van der Waals surface area contributed by atoms with Crippen molar-refractivity contribution in [2.75, 3.05) is 19.8 Å². The van der Waals surface area contributed by atoms with Crippen LogP contribution < -0.4 is 5.32 Å². The van der Waals surface area contributed by atoms with E-state index in [-0.39, 0.29) is 12.8 Å². The summed E-state index contributed by atoms with van der Waals surface area (Å²) in [6.45, 7) is 2.55. The van der Waals surface area contributed by atoms with Gasteiger partial charge in [-0.15, -0.1) is 0 Å². The summed E-state index contributed by atoms with van der Waals surface area (Å²) in [7, 11) is -4.75. The van der Waals surface area contributed by atoms with Crippen molar-refractivity contribution >= 4 is 25.7 Å². The molecule has 0 saturated heterocycles. The average molecular weight is 802 g/mol. The molecule has 0 radical (unpaired) electrons. The minimum Gasteiger partial charge on any atom is -0.480 e. The Morgan fingerprint density at radius 1 is 0.582 bits per heavy atom. The van der Waals surface area contributed by atoms with Crippen LogP contribution in [0.3, 0.4) is 0 Å². The molecule has 0 aliphatic carbocycles. The van der Waals surface area contributed by atoms with E-state index in [0.717, 1.165) is 64.2 Å². The summed E-state index contributed by atoms with van der Waals surface area (Å²) in [5, 5.41) is 21.8. The fraction of sp³-hybridized carbons (Fsp3) is 0.837. The van der Waals surface area contributed by atoms with E-state index in [1.165, 1.54) is 96.3 Å². The van der Waals surface area contributed by atoms with E-state index in [0.29, 0.717) is 12.8 Å². The number of carbonyl (C=O) groups excluding carboxylic acids is 2. The van der Waals surface area contributed by atoms with Gasteiger partial charge in [0, 0.05) is 12.8 Å². The lowest BCUT2D eigenvalue weighted by molar-refractivity contribution is -0.147. The summed E-state index contributed by atoms with van der Waals surface area (Å²) >= 11 is 0. The van der Waals surface area contributed by atoms with Crippen LogP contribution >= 0.6 is 7.82 Å². The molecule has 0 aromatic heterocycles. The van der Waals surface area contributed by atoms with Crippen LogP contribution in [-0.4, -0.2) is 64.9 Å². The molecular formula is C43H80NO10P. The Labute approximate surface area is 334 Å². The first kappa shape index (κ1) is 53.0.